The molecule has 1 aliphatic heterocycles. The minimum absolute atomic E-state index is 0.219. The summed E-state index contributed by atoms with van der Waals surface area (Å²) >= 11 is 1.38. The van der Waals surface area contributed by atoms with Crippen molar-refractivity contribution in [2.24, 2.45) is 0 Å². The van der Waals surface area contributed by atoms with Gasteiger partial charge in [0.2, 0.25) is 0 Å². The minimum Gasteiger partial charge on any atom is -0.307 e. The first-order valence-corrected chi connectivity index (χ1v) is 5.70. The highest BCUT2D eigenvalue weighted by Crippen LogP contribution is 2.45. The van der Waals surface area contributed by atoms with E-state index in [0.717, 1.165) is 11.4 Å². The molecule has 1 heterocycles. The van der Waals surface area contributed by atoms with Gasteiger partial charge in [0.05, 0.1) is 23.5 Å². The molecule has 2 aromatic carbocycles. The maximum atomic E-state index is 13.5. The van der Waals surface area contributed by atoms with Gasteiger partial charge < -0.3 is 4.72 Å². The molecular weight excluding hydrogens is 223 g/mol. The number of fused-ring (bicyclic) bond motifs is 1. The van der Waals surface area contributed by atoms with E-state index < -0.39 is 0 Å². The summed E-state index contributed by atoms with van der Waals surface area (Å²) in [7, 11) is 0. The molecule has 0 radical (unpaired) electrons. The number of hydrogen-bond acceptors (Lipinski definition) is 3. The predicted molar refractivity (Wildman–Crippen MR) is 66.2 cm³/mol. The molecule has 0 atom stereocenters. The van der Waals surface area contributed by atoms with Crippen molar-refractivity contribution in [1.29, 1.82) is 0 Å². The van der Waals surface area contributed by atoms with Crippen LogP contribution < -0.4 is 9.03 Å². The Morgan fingerprint density at radius 3 is 2.62 bits per heavy atom. The largest absolute Gasteiger partial charge is 0.307 e. The van der Waals surface area contributed by atoms with Gasteiger partial charge in [-0.25, -0.2) is 4.39 Å². The third-order valence-electron chi connectivity index (χ3n) is 2.44. The molecule has 0 aromatic heterocycles. The third-order valence-corrected chi connectivity index (χ3v) is 3.33. The van der Waals surface area contributed by atoms with E-state index in [-0.39, 0.29) is 5.82 Å². The summed E-state index contributed by atoms with van der Waals surface area (Å²) in [4.78, 5) is 0. The molecule has 0 amide bonds. The Morgan fingerprint density at radius 2 is 1.81 bits per heavy atom. The van der Waals surface area contributed by atoms with E-state index in [0.29, 0.717) is 5.69 Å². The maximum Gasteiger partial charge on any atom is 0.149 e. The van der Waals surface area contributed by atoms with Gasteiger partial charge in [-0.05, 0) is 24.3 Å². The van der Waals surface area contributed by atoms with Crippen molar-refractivity contribution in [2.75, 3.05) is 9.03 Å². The number of hydrogen-bond donors (Lipinski definition) is 1. The molecule has 2 nitrogen and oxygen atoms in total. The topological polar surface area (TPSA) is 15.3 Å². The van der Waals surface area contributed by atoms with Gasteiger partial charge in [0.25, 0.3) is 0 Å². The Bertz CT molecular complexity index is 516. The average molecular weight is 232 g/mol. The molecule has 1 N–H and O–H groups in total. The molecule has 0 unspecified atom stereocenters. The molecule has 4 heteroatoms. The lowest BCUT2D eigenvalue weighted by Gasteiger charge is -2.15. The highest BCUT2D eigenvalue weighted by Gasteiger charge is 2.23. The first kappa shape index (κ1) is 9.54. The molecule has 1 aliphatic rings. The quantitative estimate of drug-likeness (QED) is 0.749. The fraction of sp³-hybridized carbons (Fsp3) is 0. The van der Waals surface area contributed by atoms with E-state index in [1.54, 1.807) is 6.07 Å². The summed E-state index contributed by atoms with van der Waals surface area (Å²) in [5, 5.41) is 0. The van der Waals surface area contributed by atoms with Crippen LogP contribution >= 0.6 is 12.1 Å². The van der Waals surface area contributed by atoms with Crippen LogP contribution in [-0.4, -0.2) is 0 Å². The van der Waals surface area contributed by atoms with Gasteiger partial charge in [-0.2, -0.15) is 0 Å². The van der Waals surface area contributed by atoms with Gasteiger partial charge in [0.1, 0.15) is 11.5 Å². The van der Waals surface area contributed by atoms with Crippen molar-refractivity contribution in [2.45, 2.75) is 0 Å². The zero-order valence-corrected chi connectivity index (χ0v) is 9.17. The van der Waals surface area contributed by atoms with Crippen LogP contribution in [0.2, 0.25) is 0 Å². The molecule has 0 aliphatic carbocycles. The van der Waals surface area contributed by atoms with E-state index in [9.17, 15) is 4.39 Å². The summed E-state index contributed by atoms with van der Waals surface area (Å²) in [6, 6.07) is 15.0. The second kappa shape index (κ2) is 3.72. The number of anilines is 3. The Balaban J connectivity index is 2.07. The van der Waals surface area contributed by atoms with Gasteiger partial charge in [-0.3, -0.25) is 4.31 Å². The SMILES string of the molecule is Fc1cccc2c1NSN2c1ccccc1. The normalized spacial score (nSPS) is 13.4. The van der Waals surface area contributed by atoms with Crippen molar-refractivity contribution in [1.82, 2.24) is 0 Å². The van der Waals surface area contributed by atoms with Gasteiger partial charge in [0, 0.05) is 0 Å². The lowest BCUT2D eigenvalue weighted by atomic mass is 10.2. The van der Waals surface area contributed by atoms with Gasteiger partial charge in [-0.1, -0.05) is 24.3 Å². The van der Waals surface area contributed by atoms with E-state index >= 15 is 0 Å². The fourth-order valence-corrected chi connectivity index (χ4v) is 2.54. The van der Waals surface area contributed by atoms with Crippen LogP contribution in [0.15, 0.2) is 48.5 Å². The van der Waals surface area contributed by atoms with Crippen molar-refractivity contribution < 1.29 is 4.39 Å². The molecule has 2 aromatic rings. The Hall–Kier alpha value is -1.68. The molecule has 0 saturated carbocycles. The number of halogens is 1. The molecule has 0 spiro atoms. The van der Waals surface area contributed by atoms with Crippen molar-refractivity contribution in [3.8, 4) is 0 Å². The number of rotatable bonds is 1. The zero-order chi connectivity index (χ0) is 11.0. The Kier molecular flexibility index (Phi) is 2.22. The average Bonchev–Trinajstić information content (AvgIpc) is 2.75. The highest BCUT2D eigenvalue weighted by atomic mass is 32.2. The molecule has 0 saturated heterocycles. The summed E-state index contributed by atoms with van der Waals surface area (Å²) in [5.74, 6) is -0.219. The van der Waals surface area contributed by atoms with Crippen molar-refractivity contribution >= 4 is 29.2 Å². The first-order chi connectivity index (χ1) is 7.86. The second-order valence-electron chi connectivity index (χ2n) is 3.46. The molecule has 0 bridgehead atoms. The number of para-hydroxylation sites is 2. The predicted octanol–water partition coefficient (Wildman–Crippen LogP) is 3.95. The van der Waals surface area contributed by atoms with Crippen LogP contribution in [-0.2, 0) is 0 Å². The third kappa shape index (κ3) is 1.42. The first-order valence-electron chi connectivity index (χ1n) is 4.93. The van der Waals surface area contributed by atoms with Crippen LogP contribution in [0.3, 0.4) is 0 Å². The molecule has 3 rings (SSSR count). The summed E-state index contributed by atoms with van der Waals surface area (Å²) < 4.78 is 18.4. The standard InChI is InChI=1S/C12H9FN2S/c13-10-7-4-8-11-12(10)14-16-15(11)9-5-2-1-3-6-9/h1-8,14H. The molecule has 0 fully saturated rings. The minimum atomic E-state index is -0.219. The van der Waals surface area contributed by atoms with Crippen LogP contribution in [0, 0.1) is 5.82 Å². The van der Waals surface area contributed by atoms with Crippen LogP contribution in [0.4, 0.5) is 21.5 Å². The summed E-state index contributed by atoms with van der Waals surface area (Å²) in [6.07, 6.45) is 0. The summed E-state index contributed by atoms with van der Waals surface area (Å²) in [6.45, 7) is 0. The Labute approximate surface area is 97.4 Å². The van der Waals surface area contributed by atoms with E-state index in [1.165, 1.54) is 18.2 Å². The number of nitrogens with zero attached hydrogens (tertiary/aromatic N) is 1. The van der Waals surface area contributed by atoms with Gasteiger partial charge >= 0.3 is 0 Å². The fourth-order valence-electron chi connectivity index (χ4n) is 1.68. The van der Waals surface area contributed by atoms with Crippen LogP contribution in [0.1, 0.15) is 0 Å². The zero-order valence-electron chi connectivity index (χ0n) is 8.35. The molecule has 16 heavy (non-hydrogen) atoms. The monoisotopic (exact) mass is 232 g/mol. The van der Waals surface area contributed by atoms with Gasteiger partial charge in [0.15, 0.2) is 0 Å². The van der Waals surface area contributed by atoms with Crippen molar-refractivity contribution in [3.05, 3.63) is 54.3 Å². The highest BCUT2D eigenvalue weighted by molar-refractivity contribution is 8.02. The lowest BCUT2D eigenvalue weighted by molar-refractivity contribution is 0.633. The van der Waals surface area contributed by atoms with Crippen molar-refractivity contribution in [3.63, 3.8) is 0 Å². The Morgan fingerprint density at radius 1 is 1.00 bits per heavy atom. The van der Waals surface area contributed by atoms with E-state index in [4.69, 9.17) is 0 Å². The smallest absolute Gasteiger partial charge is 0.149 e. The van der Waals surface area contributed by atoms with E-state index in [2.05, 4.69) is 4.72 Å². The van der Waals surface area contributed by atoms with Crippen LogP contribution in [0.5, 0.6) is 0 Å². The maximum absolute atomic E-state index is 13.5. The van der Waals surface area contributed by atoms with E-state index in [1.807, 2.05) is 40.7 Å². The van der Waals surface area contributed by atoms with Crippen LogP contribution in [0.25, 0.3) is 0 Å². The molecule has 80 valence electrons. The number of benzene rings is 2. The molecular formula is C12H9FN2S. The second-order valence-corrected chi connectivity index (χ2v) is 4.21. The number of nitrogens with one attached hydrogen (secondary N) is 1. The van der Waals surface area contributed by atoms with Gasteiger partial charge in [-0.15, -0.1) is 0 Å². The summed E-state index contributed by atoms with van der Waals surface area (Å²) in [5.41, 5.74) is 2.44. The lowest BCUT2D eigenvalue weighted by Crippen LogP contribution is -2.01.